The number of hydrogen-bond acceptors (Lipinski definition) is 3. The summed E-state index contributed by atoms with van der Waals surface area (Å²) in [4.78, 5) is 12.5. The molecule has 0 aliphatic heterocycles. The van der Waals surface area contributed by atoms with Gasteiger partial charge in [0.05, 0.1) is 12.1 Å². The molecule has 1 amide bonds. The maximum absolute atomic E-state index is 12.5. The molecule has 0 unspecified atom stereocenters. The largest absolute Gasteiger partial charge is 0.322 e. The monoisotopic (exact) mass is 356 g/mol. The van der Waals surface area contributed by atoms with Crippen molar-refractivity contribution in [2.45, 2.75) is 19.9 Å². The third-order valence-electron chi connectivity index (χ3n) is 4.56. The lowest BCUT2D eigenvalue weighted by Gasteiger charge is -2.08. The van der Waals surface area contributed by atoms with Crippen molar-refractivity contribution >= 4 is 22.6 Å². The highest BCUT2D eigenvalue weighted by molar-refractivity contribution is 6.04. The third-order valence-corrected chi connectivity index (χ3v) is 4.56. The van der Waals surface area contributed by atoms with Gasteiger partial charge in [0.25, 0.3) is 5.91 Å². The van der Waals surface area contributed by atoms with E-state index in [9.17, 15) is 4.79 Å². The van der Waals surface area contributed by atoms with Gasteiger partial charge >= 0.3 is 0 Å². The molecule has 0 aliphatic carbocycles. The number of hydrogen-bond donors (Lipinski definition) is 1. The molecule has 0 atom stereocenters. The number of aromatic nitrogens is 3. The zero-order valence-electron chi connectivity index (χ0n) is 15.1. The summed E-state index contributed by atoms with van der Waals surface area (Å²) in [5, 5.41) is 11.3. The predicted molar refractivity (Wildman–Crippen MR) is 107 cm³/mol. The highest BCUT2D eigenvalue weighted by Crippen LogP contribution is 2.15. The first-order valence-electron chi connectivity index (χ1n) is 9.00. The van der Waals surface area contributed by atoms with Gasteiger partial charge in [-0.2, -0.15) is 0 Å². The van der Waals surface area contributed by atoms with Gasteiger partial charge in [-0.15, -0.1) is 5.10 Å². The van der Waals surface area contributed by atoms with Crippen LogP contribution in [0.4, 0.5) is 5.69 Å². The number of benzene rings is 3. The highest BCUT2D eigenvalue weighted by Gasteiger charge is 2.08. The first kappa shape index (κ1) is 17.0. The molecule has 0 spiro atoms. The van der Waals surface area contributed by atoms with Gasteiger partial charge in [0.15, 0.2) is 0 Å². The van der Waals surface area contributed by atoms with Crippen LogP contribution < -0.4 is 5.32 Å². The fourth-order valence-corrected chi connectivity index (χ4v) is 3.04. The molecule has 0 bridgehead atoms. The number of para-hydroxylation sites is 1. The van der Waals surface area contributed by atoms with Crippen LogP contribution in [0.1, 0.15) is 28.4 Å². The lowest BCUT2D eigenvalue weighted by Crippen LogP contribution is -2.12. The number of carbonyl (C=O) groups is 1. The normalized spacial score (nSPS) is 10.9. The van der Waals surface area contributed by atoms with Crippen molar-refractivity contribution in [2.24, 2.45) is 0 Å². The summed E-state index contributed by atoms with van der Waals surface area (Å²) in [5.41, 5.74) is 5.58. The summed E-state index contributed by atoms with van der Waals surface area (Å²) in [6, 6.07) is 23.4. The first-order chi connectivity index (χ1) is 13.2. The summed E-state index contributed by atoms with van der Waals surface area (Å²) < 4.78 is 1.86. The molecule has 0 fully saturated rings. The van der Waals surface area contributed by atoms with Crippen molar-refractivity contribution in [3.05, 3.63) is 89.5 Å². The molecule has 1 heterocycles. The molecule has 0 radical (unpaired) electrons. The molecule has 27 heavy (non-hydrogen) atoms. The Balaban J connectivity index is 1.47. The van der Waals surface area contributed by atoms with Crippen LogP contribution in [-0.4, -0.2) is 20.9 Å². The maximum atomic E-state index is 12.5. The van der Waals surface area contributed by atoms with Crippen LogP contribution in [0.3, 0.4) is 0 Å². The van der Waals surface area contributed by atoms with Crippen LogP contribution in [-0.2, 0) is 13.0 Å². The maximum Gasteiger partial charge on any atom is 0.255 e. The van der Waals surface area contributed by atoms with Gasteiger partial charge in [-0.05, 0) is 53.9 Å². The van der Waals surface area contributed by atoms with Crippen molar-refractivity contribution in [3.8, 4) is 0 Å². The molecular weight excluding hydrogens is 336 g/mol. The molecule has 0 saturated carbocycles. The molecule has 134 valence electrons. The Kier molecular flexibility index (Phi) is 4.66. The van der Waals surface area contributed by atoms with Gasteiger partial charge in [-0.1, -0.05) is 48.5 Å². The zero-order chi connectivity index (χ0) is 18.6. The van der Waals surface area contributed by atoms with Gasteiger partial charge in [-0.3, -0.25) is 4.79 Å². The van der Waals surface area contributed by atoms with Gasteiger partial charge < -0.3 is 5.32 Å². The molecule has 1 aromatic heterocycles. The van der Waals surface area contributed by atoms with E-state index in [0.717, 1.165) is 28.7 Å². The fraction of sp³-hybridized carbons (Fsp3) is 0.136. The molecule has 0 saturated heterocycles. The number of rotatable bonds is 5. The summed E-state index contributed by atoms with van der Waals surface area (Å²) in [6.45, 7) is 2.71. The Bertz CT molecular complexity index is 1080. The molecule has 4 rings (SSSR count). The average Bonchev–Trinajstić information content (AvgIpc) is 3.11. The van der Waals surface area contributed by atoms with Gasteiger partial charge in [0.1, 0.15) is 5.52 Å². The van der Waals surface area contributed by atoms with E-state index in [1.165, 1.54) is 5.56 Å². The summed E-state index contributed by atoms with van der Waals surface area (Å²) in [5.74, 6) is -0.110. The van der Waals surface area contributed by atoms with E-state index < -0.39 is 0 Å². The van der Waals surface area contributed by atoms with Crippen molar-refractivity contribution in [1.29, 1.82) is 0 Å². The Hall–Kier alpha value is -3.47. The van der Waals surface area contributed by atoms with Crippen LogP contribution in [0.2, 0.25) is 0 Å². The number of carbonyl (C=O) groups excluding carboxylic acids is 1. The minimum Gasteiger partial charge on any atom is -0.322 e. The lowest BCUT2D eigenvalue weighted by molar-refractivity contribution is 0.102. The van der Waals surface area contributed by atoms with E-state index in [1.807, 2.05) is 71.4 Å². The minimum absolute atomic E-state index is 0.110. The van der Waals surface area contributed by atoms with E-state index >= 15 is 0 Å². The quantitative estimate of drug-likeness (QED) is 0.580. The Morgan fingerprint density at radius 3 is 2.59 bits per heavy atom. The number of nitrogens with one attached hydrogen (secondary N) is 1. The number of fused-ring (bicyclic) bond motifs is 1. The third kappa shape index (κ3) is 3.72. The van der Waals surface area contributed by atoms with E-state index in [0.29, 0.717) is 12.1 Å². The van der Waals surface area contributed by atoms with Gasteiger partial charge in [0, 0.05) is 11.3 Å². The van der Waals surface area contributed by atoms with Crippen molar-refractivity contribution in [1.82, 2.24) is 15.0 Å². The van der Waals surface area contributed by atoms with Crippen LogP contribution in [0.25, 0.3) is 11.0 Å². The number of aryl methyl sites for hydroxylation is 1. The van der Waals surface area contributed by atoms with Crippen molar-refractivity contribution in [2.75, 3.05) is 5.32 Å². The average molecular weight is 356 g/mol. The lowest BCUT2D eigenvalue weighted by atomic mass is 10.1. The Labute approximate surface area is 157 Å². The van der Waals surface area contributed by atoms with Crippen LogP contribution in [0, 0.1) is 0 Å². The second-order valence-electron chi connectivity index (χ2n) is 6.44. The van der Waals surface area contributed by atoms with Crippen LogP contribution >= 0.6 is 0 Å². The molecule has 3 aromatic carbocycles. The van der Waals surface area contributed by atoms with Crippen LogP contribution in [0.15, 0.2) is 72.8 Å². The molecule has 4 aromatic rings. The first-order valence-corrected chi connectivity index (χ1v) is 9.00. The van der Waals surface area contributed by atoms with E-state index in [2.05, 4.69) is 28.6 Å². The summed E-state index contributed by atoms with van der Waals surface area (Å²) in [6.07, 6.45) is 0.940. The fourth-order valence-electron chi connectivity index (χ4n) is 3.04. The standard InChI is InChI=1S/C22H20N4O/c1-2-16-6-5-7-19(14-16)23-22(27)18-12-10-17(11-13-18)15-26-21-9-4-3-8-20(21)24-25-26/h3-14H,2,15H2,1H3,(H,23,27). The Morgan fingerprint density at radius 1 is 0.963 bits per heavy atom. The molecule has 0 aliphatic rings. The SMILES string of the molecule is CCc1cccc(NC(=O)c2ccc(Cn3nnc4ccccc43)cc2)c1. The molecule has 1 N–H and O–H groups in total. The van der Waals surface area contributed by atoms with Crippen LogP contribution in [0.5, 0.6) is 0 Å². The number of nitrogens with zero attached hydrogens (tertiary/aromatic N) is 3. The van der Waals surface area contributed by atoms with Crippen molar-refractivity contribution in [3.63, 3.8) is 0 Å². The predicted octanol–water partition coefficient (Wildman–Crippen LogP) is 4.29. The van der Waals surface area contributed by atoms with Crippen molar-refractivity contribution < 1.29 is 4.79 Å². The number of amides is 1. The topological polar surface area (TPSA) is 59.8 Å². The number of anilines is 1. The van der Waals surface area contributed by atoms with E-state index in [4.69, 9.17) is 0 Å². The summed E-state index contributed by atoms with van der Waals surface area (Å²) in [7, 11) is 0. The zero-order valence-corrected chi connectivity index (χ0v) is 15.1. The smallest absolute Gasteiger partial charge is 0.255 e. The molecule has 5 heteroatoms. The highest BCUT2D eigenvalue weighted by atomic mass is 16.1. The minimum atomic E-state index is -0.110. The molecule has 5 nitrogen and oxygen atoms in total. The molecular formula is C22H20N4O. The van der Waals surface area contributed by atoms with Gasteiger partial charge in [-0.25, -0.2) is 4.68 Å². The second-order valence-corrected chi connectivity index (χ2v) is 6.44. The summed E-state index contributed by atoms with van der Waals surface area (Å²) >= 11 is 0. The Morgan fingerprint density at radius 2 is 1.78 bits per heavy atom. The van der Waals surface area contributed by atoms with E-state index in [-0.39, 0.29) is 5.91 Å². The van der Waals surface area contributed by atoms with Gasteiger partial charge in [0.2, 0.25) is 0 Å². The second kappa shape index (κ2) is 7.41. The van der Waals surface area contributed by atoms with E-state index in [1.54, 1.807) is 0 Å².